The van der Waals surface area contributed by atoms with Crippen LogP contribution in [0, 0.1) is 0 Å². The van der Waals surface area contributed by atoms with E-state index in [1.807, 2.05) is 34.0 Å². The van der Waals surface area contributed by atoms with E-state index in [2.05, 4.69) is 234 Å². The number of nitrogens with zero attached hydrogens (tertiary/aromatic N) is 2. The molecule has 0 atom stereocenters. The molecule has 0 saturated heterocycles. The summed E-state index contributed by atoms with van der Waals surface area (Å²) >= 11 is 5.60. The van der Waals surface area contributed by atoms with Crippen molar-refractivity contribution < 1.29 is 0 Å². The minimum absolute atomic E-state index is 0.157. The Morgan fingerprint density at radius 3 is 1.10 bits per heavy atom. The van der Waals surface area contributed by atoms with E-state index in [0.717, 1.165) is 42.6 Å². The van der Waals surface area contributed by atoms with Crippen LogP contribution >= 0.6 is 34.0 Å². The molecular formula is C72H46N2S3. The monoisotopic (exact) mass is 1030 g/mol. The summed E-state index contributed by atoms with van der Waals surface area (Å²) in [5, 5.41) is 9.79. The van der Waals surface area contributed by atoms with E-state index in [1.165, 1.54) is 129 Å². The topological polar surface area (TPSA) is 25.8 Å². The Bertz CT molecular complexity index is 4800. The molecule has 11 aromatic carbocycles. The van der Waals surface area contributed by atoms with E-state index in [4.69, 9.17) is 9.97 Å². The lowest BCUT2D eigenvalue weighted by atomic mass is 9.82. The SMILES string of the molecule is CC1(C)c2ccccc2-c2c(-c3sc(-c4cccc5c4-c4ccccc4C5(C)C)c4nc5c6cc(-c7ccc8c(c7)sc7ccccc78)ccc6c6ccc(-c7ccc8c(c7)sc7ccccc78)cc6c5nc34)cccc21. The standard InChI is InChI=1S/C72H46N2S3/c1-71(2)55-21-9-5-17-49(55)63-51(19-13-23-57(63)71)69-67-68(70(77-69)52-20-14-24-58-64(52)50-18-6-10-22-56(50)72(58,3)4)74-66-54-36-40(42-30-34-48-46-16-8-12-26-60(46)76-62(48)38-42)28-32-44(54)43-31-27-39(35-53(43)65(66)73-67)41-29-33-47-45-15-7-11-25-59(45)75-61(47)37-41/h5-38H,1-4H3. The van der Waals surface area contributed by atoms with E-state index in [9.17, 15) is 0 Å². The second-order valence-corrected chi connectivity index (χ2v) is 25.5. The number of benzene rings is 11. The predicted octanol–water partition coefficient (Wildman–Crippen LogP) is 21.2. The molecule has 362 valence electrons. The largest absolute Gasteiger partial charge is 0.242 e. The molecule has 0 radical (unpaired) electrons. The van der Waals surface area contributed by atoms with Crippen molar-refractivity contribution in [3.63, 3.8) is 0 Å². The van der Waals surface area contributed by atoms with Gasteiger partial charge in [0.1, 0.15) is 11.0 Å². The number of hydrogen-bond donors (Lipinski definition) is 0. The van der Waals surface area contributed by atoms with Crippen LogP contribution in [0.2, 0.25) is 0 Å². The highest BCUT2D eigenvalue weighted by Gasteiger charge is 2.39. The van der Waals surface area contributed by atoms with Gasteiger partial charge in [-0.25, -0.2) is 9.97 Å². The Balaban J connectivity index is 0.985. The van der Waals surface area contributed by atoms with Gasteiger partial charge in [0.05, 0.1) is 20.8 Å². The number of hydrogen-bond acceptors (Lipinski definition) is 5. The van der Waals surface area contributed by atoms with Gasteiger partial charge >= 0.3 is 0 Å². The average molecular weight is 1040 g/mol. The Hall–Kier alpha value is -8.32. The molecule has 2 aliphatic rings. The first-order valence-corrected chi connectivity index (χ1v) is 29.1. The molecule has 0 unspecified atom stereocenters. The lowest BCUT2D eigenvalue weighted by molar-refractivity contribution is 0.660. The van der Waals surface area contributed by atoms with Crippen LogP contribution in [0.4, 0.5) is 0 Å². The van der Waals surface area contributed by atoms with Crippen molar-refractivity contribution in [3.05, 3.63) is 229 Å². The van der Waals surface area contributed by atoms with E-state index >= 15 is 0 Å². The molecule has 0 amide bonds. The zero-order valence-corrected chi connectivity index (χ0v) is 45.2. The summed E-state index contributed by atoms with van der Waals surface area (Å²) in [7, 11) is 0. The summed E-state index contributed by atoms with van der Waals surface area (Å²) in [6.45, 7) is 9.51. The number of aromatic nitrogens is 2. The zero-order chi connectivity index (χ0) is 51.1. The Morgan fingerprint density at radius 2 is 0.636 bits per heavy atom. The maximum atomic E-state index is 6.10. The number of fused-ring (bicyclic) bond motifs is 19. The minimum atomic E-state index is -0.157. The van der Waals surface area contributed by atoms with Crippen LogP contribution in [0.15, 0.2) is 206 Å². The predicted molar refractivity (Wildman–Crippen MR) is 333 cm³/mol. The van der Waals surface area contributed by atoms with Gasteiger partial charge in [0.2, 0.25) is 0 Å². The Kier molecular flexibility index (Phi) is 8.92. The molecule has 17 rings (SSSR count). The summed E-state index contributed by atoms with van der Waals surface area (Å²) in [5.41, 5.74) is 21.2. The quantitative estimate of drug-likeness (QED) is 0.164. The van der Waals surface area contributed by atoms with Gasteiger partial charge in [-0.05, 0) is 114 Å². The maximum absolute atomic E-state index is 6.10. The third kappa shape index (κ3) is 6.05. The second-order valence-electron chi connectivity index (χ2n) is 22.3. The summed E-state index contributed by atoms with van der Waals surface area (Å²) in [5.74, 6) is 0. The van der Waals surface area contributed by atoms with E-state index in [1.54, 1.807) is 0 Å². The van der Waals surface area contributed by atoms with Gasteiger partial charge in [-0.1, -0.05) is 198 Å². The summed E-state index contributed by atoms with van der Waals surface area (Å²) in [6, 6.07) is 77.5. The van der Waals surface area contributed by atoms with Crippen molar-refractivity contribution in [2.24, 2.45) is 0 Å². The number of thiophene rings is 3. The van der Waals surface area contributed by atoms with Crippen molar-refractivity contribution in [3.8, 4) is 65.4 Å². The normalized spacial score (nSPS) is 14.2. The summed E-state index contributed by atoms with van der Waals surface area (Å²) in [6.07, 6.45) is 0. The molecule has 0 saturated carbocycles. The van der Waals surface area contributed by atoms with Crippen molar-refractivity contribution >= 4 is 118 Å². The van der Waals surface area contributed by atoms with Gasteiger partial charge in [-0.15, -0.1) is 34.0 Å². The molecule has 2 nitrogen and oxygen atoms in total. The van der Waals surface area contributed by atoms with Crippen molar-refractivity contribution in [1.29, 1.82) is 0 Å². The highest BCUT2D eigenvalue weighted by molar-refractivity contribution is 7.26. The Labute approximate surface area is 457 Å². The lowest BCUT2D eigenvalue weighted by Crippen LogP contribution is -2.14. The molecule has 0 fully saturated rings. The number of rotatable bonds is 4. The molecule has 5 heteroatoms. The second kappa shape index (κ2) is 15.6. The molecule has 2 aliphatic carbocycles. The first kappa shape index (κ1) is 43.9. The van der Waals surface area contributed by atoms with Gasteiger partial charge in [-0.2, -0.15) is 0 Å². The van der Waals surface area contributed by atoms with Crippen LogP contribution in [0.1, 0.15) is 49.9 Å². The third-order valence-electron chi connectivity index (χ3n) is 17.5. The van der Waals surface area contributed by atoms with Gasteiger partial charge in [0.15, 0.2) is 0 Å². The van der Waals surface area contributed by atoms with Gasteiger partial charge in [-0.3, -0.25) is 0 Å². The van der Waals surface area contributed by atoms with Crippen molar-refractivity contribution in [1.82, 2.24) is 9.97 Å². The lowest BCUT2D eigenvalue weighted by Gasteiger charge is -2.21. The molecule has 0 aliphatic heterocycles. The smallest absolute Gasteiger partial charge is 0.109 e. The van der Waals surface area contributed by atoms with Gasteiger partial charge in [0.25, 0.3) is 0 Å². The zero-order valence-electron chi connectivity index (χ0n) is 42.7. The molecular weight excluding hydrogens is 989 g/mol. The van der Waals surface area contributed by atoms with Gasteiger partial charge in [0, 0.05) is 73.1 Å². The first-order valence-electron chi connectivity index (χ1n) is 26.6. The molecule has 4 aromatic heterocycles. The van der Waals surface area contributed by atoms with Crippen LogP contribution < -0.4 is 0 Å². The molecule has 0 N–H and O–H groups in total. The first-order chi connectivity index (χ1) is 37.7. The van der Waals surface area contributed by atoms with Crippen molar-refractivity contribution in [2.45, 2.75) is 38.5 Å². The fraction of sp³-hybridized carbons (Fsp3) is 0.0833. The van der Waals surface area contributed by atoms with Crippen LogP contribution in [0.5, 0.6) is 0 Å². The fourth-order valence-corrected chi connectivity index (χ4v) is 17.2. The highest BCUT2D eigenvalue weighted by Crippen LogP contribution is 2.58. The minimum Gasteiger partial charge on any atom is -0.242 e. The van der Waals surface area contributed by atoms with E-state index in [0.29, 0.717) is 0 Å². The van der Waals surface area contributed by atoms with E-state index < -0.39 is 0 Å². The fourth-order valence-electron chi connectivity index (χ4n) is 13.7. The molecule has 0 bridgehead atoms. The van der Waals surface area contributed by atoms with Crippen LogP contribution in [-0.2, 0) is 10.8 Å². The highest BCUT2D eigenvalue weighted by atomic mass is 32.1. The molecule has 4 heterocycles. The summed E-state index contributed by atoms with van der Waals surface area (Å²) < 4.78 is 5.22. The van der Waals surface area contributed by atoms with Crippen LogP contribution in [0.25, 0.3) is 149 Å². The third-order valence-corrected chi connectivity index (χ3v) is 21.0. The Morgan fingerprint density at radius 1 is 0.273 bits per heavy atom. The molecule has 0 spiro atoms. The molecule has 15 aromatic rings. The van der Waals surface area contributed by atoms with E-state index in [-0.39, 0.29) is 10.8 Å². The van der Waals surface area contributed by atoms with Crippen molar-refractivity contribution in [2.75, 3.05) is 0 Å². The average Bonchev–Trinajstić information content (AvgIpc) is 4.47. The van der Waals surface area contributed by atoms with Gasteiger partial charge < -0.3 is 0 Å². The van der Waals surface area contributed by atoms with Crippen LogP contribution in [-0.4, -0.2) is 9.97 Å². The summed E-state index contributed by atoms with van der Waals surface area (Å²) in [4.78, 5) is 14.5. The molecule has 77 heavy (non-hydrogen) atoms. The maximum Gasteiger partial charge on any atom is 0.109 e. The van der Waals surface area contributed by atoms with Crippen LogP contribution in [0.3, 0.4) is 0 Å².